The molecule has 3 aromatic carbocycles. The second-order valence-corrected chi connectivity index (χ2v) is 10.2. The van der Waals surface area contributed by atoms with Crippen LogP contribution in [0.5, 0.6) is 0 Å². The van der Waals surface area contributed by atoms with Crippen molar-refractivity contribution < 1.29 is 23.4 Å². The molecule has 0 bridgehead atoms. The van der Waals surface area contributed by atoms with E-state index in [1.807, 2.05) is 37.3 Å². The number of aryl methyl sites for hydroxylation is 1. The molecule has 198 valence electrons. The van der Waals surface area contributed by atoms with Gasteiger partial charge in [-0.1, -0.05) is 36.8 Å². The number of benzene rings is 3. The number of nitrogens with zero attached hydrogens (tertiary/aromatic N) is 3. The number of nitrogens with one attached hydrogen (secondary N) is 1. The van der Waals surface area contributed by atoms with E-state index < -0.39 is 0 Å². The number of para-hydroxylation sites is 1. The van der Waals surface area contributed by atoms with Crippen molar-refractivity contribution in [3.63, 3.8) is 0 Å². The van der Waals surface area contributed by atoms with Gasteiger partial charge in [-0.05, 0) is 89.4 Å². The molecule has 1 aliphatic rings. The number of Topliss-reactive ketones (excluding diaryl/α,β-unsaturated/α-hetero) is 1. The van der Waals surface area contributed by atoms with Crippen molar-refractivity contribution in [2.75, 3.05) is 11.9 Å². The van der Waals surface area contributed by atoms with E-state index in [1.165, 1.54) is 17.0 Å². The summed E-state index contributed by atoms with van der Waals surface area (Å²) in [6, 6.07) is 16.8. The van der Waals surface area contributed by atoms with Crippen molar-refractivity contribution in [1.82, 2.24) is 15.2 Å². The SMILES string of the molecule is Cc1ccc(Nc2ccccc2C(=O)CCCCCN2C(=O)S/C(=C\c3ccc(F)cc3)C2=O)c2nonc12. The molecule has 39 heavy (non-hydrogen) atoms. The predicted molar refractivity (Wildman–Crippen MR) is 148 cm³/mol. The number of fused-ring (bicyclic) bond motifs is 1. The van der Waals surface area contributed by atoms with Crippen LogP contribution in [-0.2, 0) is 4.79 Å². The maximum absolute atomic E-state index is 13.1. The number of carbonyl (C=O) groups excluding carboxylic acids is 3. The van der Waals surface area contributed by atoms with E-state index in [2.05, 4.69) is 15.6 Å². The van der Waals surface area contributed by atoms with Gasteiger partial charge in [0.15, 0.2) is 11.3 Å². The van der Waals surface area contributed by atoms with Crippen LogP contribution in [0.15, 0.2) is 70.2 Å². The molecule has 0 radical (unpaired) electrons. The number of ketones is 1. The van der Waals surface area contributed by atoms with E-state index in [-0.39, 0.29) is 29.3 Å². The van der Waals surface area contributed by atoms with E-state index in [1.54, 1.807) is 24.3 Å². The molecular weight excluding hydrogens is 519 g/mol. The average molecular weight is 545 g/mol. The van der Waals surface area contributed by atoms with E-state index in [9.17, 15) is 18.8 Å². The third-order valence-corrected chi connectivity index (χ3v) is 7.35. The number of rotatable bonds is 10. The summed E-state index contributed by atoms with van der Waals surface area (Å²) in [6.45, 7) is 2.21. The lowest BCUT2D eigenvalue weighted by Gasteiger charge is -2.13. The summed E-state index contributed by atoms with van der Waals surface area (Å²) in [6.07, 6.45) is 3.82. The summed E-state index contributed by atoms with van der Waals surface area (Å²) in [4.78, 5) is 39.6. The molecular formula is C29H25FN4O4S. The van der Waals surface area contributed by atoms with Gasteiger partial charge in [0.1, 0.15) is 11.3 Å². The molecule has 1 aliphatic heterocycles. The fourth-order valence-electron chi connectivity index (χ4n) is 4.34. The Labute approximate surface area is 228 Å². The van der Waals surface area contributed by atoms with Crippen LogP contribution < -0.4 is 5.32 Å². The third-order valence-electron chi connectivity index (χ3n) is 6.44. The van der Waals surface area contributed by atoms with Gasteiger partial charge >= 0.3 is 0 Å². The molecule has 0 spiro atoms. The molecule has 10 heteroatoms. The topological polar surface area (TPSA) is 105 Å². The first kappa shape index (κ1) is 26.3. The number of anilines is 2. The highest BCUT2D eigenvalue weighted by Gasteiger charge is 2.34. The van der Waals surface area contributed by atoms with Gasteiger partial charge in [0.25, 0.3) is 11.1 Å². The lowest BCUT2D eigenvalue weighted by atomic mass is 10.0. The van der Waals surface area contributed by atoms with Crippen LogP contribution in [0, 0.1) is 12.7 Å². The van der Waals surface area contributed by atoms with E-state index >= 15 is 0 Å². The molecule has 0 saturated carbocycles. The van der Waals surface area contributed by atoms with E-state index in [4.69, 9.17) is 4.63 Å². The summed E-state index contributed by atoms with van der Waals surface area (Å²) >= 11 is 0.880. The number of carbonyl (C=O) groups is 3. The van der Waals surface area contributed by atoms with Crippen molar-refractivity contribution >= 4 is 57.2 Å². The molecule has 1 N–H and O–H groups in total. The van der Waals surface area contributed by atoms with Crippen LogP contribution >= 0.6 is 11.8 Å². The Balaban J connectivity index is 1.14. The summed E-state index contributed by atoms with van der Waals surface area (Å²) < 4.78 is 18.0. The first-order valence-electron chi connectivity index (χ1n) is 12.5. The second-order valence-electron chi connectivity index (χ2n) is 9.18. The van der Waals surface area contributed by atoms with Gasteiger partial charge in [0.2, 0.25) is 0 Å². The molecule has 2 amide bonds. The molecule has 1 fully saturated rings. The standard InChI is InChI=1S/C29H25FN4O4S/c1-18-10-15-23(27-26(18)32-38-33-27)31-22-8-5-4-7-21(22)24(35)9-3-2-6-16-34-28(36)25(39-29(34)37)17-19-11-13-20(30)14-12-19/h4-5,7-8,10-15,17,31H,2-3,6,9,16H2,1H3/b25-17-. The zero-order valence-electron chi connectivity index (χ0n) is 21.1. The van der Waals surface area contributed by atoms with Gasteiger partial charge in [-0.25, -0.2) is 9.02 Å². The minimum Gasteiger partial charge on any atom is -0.353 e. The molecule has 0 atom stereocenters. The zero-order chi connectivity index (χ0) is 27.4. The normalized spacial score (nSPS) is 14.5. The summed E-state index contributed by atoms with van der Waals surface area (Å²) in [5.41, 5.74) is 4.79. The molecule has 5 rings (SSSR count). The maximum Gasteiger partial charge on any atom is 0.293 e. The van der Waals surface area contributed by atoms with Crippen molar-refractivity contribution in [2.45, 2.75) is 32.6 Å². The molecule has 0 aliphatic carbocycles. The fourth-order valence-corrected chi connectivity index (χ4v) is 5.21. The highest BCUT2D eigenvalue weighted by atomic mass is 32.2. The Kier molecular flexibility index (Phi) is 7.83. The molecule has 0 unspecified atom stereocenters. The van der Waals surface area contributed by atoms with Crippen molar-refractivity contribution in [1.29, 1.82) is 0 Å². The minimum absolute atomic E-state index is 0.00636. The second kappa shape index (κ2) is 11.6. The van der Waals surface area contributed by atoms with Crippen molar-refractivity contribution in [2.24, 2.45) is 0 Å². The predicted octanol–water partition coefficient (Wildman–Crippen LogP) is 6.89. The largest absolute Gasteiger partial charge is 0.353 e. The highest BCUT2D eigenvalue weighted by molar-refractivity contribution is 8.18. The molecule has 2 heterocycles. The number of imide groups is 1. The van der Waals surface area contributed by atoms with Gasteiger partial charge in [-0.3, -0.25) is 19.3 Å². The first-order chi connectivity index (χ1) is 18.9. The monoisotopic (exact) mass is 544 g/mol. The number of unbranched alkanes of at least 4 members (excludes halogenated alkanes) is 2. The summed E-state index contributed by atoms with van der Waals surface area (Å²) in [7, 11) is 0. The zero-order valence-corrected chi connectivity index (χ0v) is 22.0. The van der Waals surface area contributed by atoms with Gasteiger partial charge in [0, 0.05) is 24.2 Å². The number of hydrogen-bond donors (Lipinski definition) is 1. The Morgan fingerprint density at radius 1 is 0.974 bits per heavy atom. The molecule has 8 nitrogen and oxygen atoms in total. The highest BCUT2D eigenvalue weighted by Crippen LogP contribution is 2.33. The molecule has 1 aromatic heterocycles. The minimum atomic E-state index is -0.365. The van der Waals surface area contributed by atoms with Crippen molar-refractivity contribution in [3.8, 4) is 0 Å². The van der Waals surface area contributed by atoms with E-state index in [0.717, 1.165) is 17.3 Å². The summed E-state index contributed by atoms with van der Waals surface area (Å²) in [5.74, 6) is -0.721. The van der Waals surface area contributed by atoms with Gasteiger partial charge in [-0.15, -0.1) is 0 Å². The van der Waals surface area contributed by atoms with Gasteiger partial charge < -0.3 is 5.32 Å². The lowest BCUT2D eigenvalue weighted by Crippen LogP contribution is -2.29. The first-order valence-corrected chi connectivity index (χ1v) is 13.3. The Hall–Kier alpha value is -4.31. The number of amides is 2. The van der Waals surface area contributed by atoms with Crippen LogP contribution in [0.1, 0.15) is 47.2 Å². The molecule has 1 saturated heterocycles. The van der Waals surface area contributed by atoms with Crippen LogP contribution in [0.3, 0.4) is 0 Å². The smallest absolute Gasteiger partial charge is 0.293 e. The quantitative estimate of drug-likeness (QED) is 0.131. The average Bonchev–Trinajstić information content (AvgIpc) is 3.53. The Morgan fingerprint density at radius 3 is 2.56 bits per heavy atom. The van der Waals surface area contributed by atoms with Crippen LogP contribution in [0.25, 0.3) is 17.1 Å². The maximum atomic E-state index is 13.1. The summed E-state index contributed by atoms with van der Waals surface area (Å²) in [5, 5.41) is 10.9. The number of hydrogen-bond acceptors (Lipinski definition) is 8. The van der Waals surface area contributed by atoms with Crippen LogP contribution in [-0.4, -0.2) is 38.7 Å². The van der Waals surface area contributed by atoms with Crippen LogP contribution in [0.2, 0.25) is 0 Å². The van der Waals surface area contributed by atoms with Crippen LogP contribution in [0.4, 0.5) is 20.6 Å². The fraction of sp³-hybridized carbons (Fsp3) is 0.207. The van der Waals surface area contributed by atoms with E-state index in [0.29, 0.717) is 64.1 Å². The number of thioether (sulfide) groups is 1. The number of aromatic nitrogens is 2. The Bertz CT molecular complexity index is 1580. The third kappa shape index (κ3) is 5.91. The number of halogens is 1. The lowest BCUT2D eigenvalue weighted by molar-refractivity contribution is -0.122. The Morgan fingerprint density at radius 2 is 1.74 bits per heavy atom. The molecule has 4 aromatic rings. The van der Waals surface area contributed by atoms with Gasteiger partial charge in [0.05, 0.1) is 10.6 Å². The van der Waals surface area contributed by atoms with Gasteiger partial charge in [-0.2, -0.15) is 0 Å². The van der Waals surface area contributed by atoms with Crippen molar-refractivity contribution in [3.05, 3.63) is 88.1 Å².